The maximum absolute atomic E-state index is 12.0. The molecule has 1 aromatic heterocycles. The van der Waals surface area contributed by atoms with E-state index in [9.17, 15) is 9.90 Å². The second-order valence-electron chi connectivity index (χ2n) is 6.44. The van der Waals surface area contributed by atoms with Crippen molar-refractivity contribution in [2.24, 2.45) is 0 Å². The molecule has 0 saturated heterocycles. The molecule has 0 radical (unpaired) electrons. The average Bonchev–Trinajstić information content (AvgIpc) is 2.64. The van der Waals surface area contributed by atoms with Crippen LogP contribution in [0.15, 0.2) is 48.8 Å². The molecule has 0 aliphatic heterocycles. The van der Waals surface area contributed by atoms with Gasteiger partial charge in [-0.25, -0.2) is 0 Å². The van der Waals surface area contributed by atoms with E-state index >= 15 is 0 Å². The van der Waals surface area contributed by atoms with Crippen LogP contribution in [0.4, 0.5) is 5.69 Å². The minimum Gasteiger partial charge on any atom is -0.488 e. The number of aliphatic hydroxyl groups is 1. The van der Waals surface area contributed by atoms with Crippen LogP contribution in [-0.2, 0) is 11.2 Å². The number of carbonyl (C=O) groups is 1. The van der Waals surface area contributed by atoms with E-state index in [1.807, 2.05) is 36.4 Å². The van der Waals surface area contributed by atoms with Crippen LogP contribution in [0.5, 0.6) is 5.75 Å². The number of aliphatic hydroxyl groups excluding tert-OH is 1. The molecule has 0 bridgehead atoms. The Kier molecular flexibility index (Phi) is 6.01. The van der Waals surface area contributed by atoms with Crippen LogP contribution in [-0.4, -0.2) is 28.2 Å². The van der Waals surface area contributed by atoms with Crippen LogP contribution in [0, 0.1) is 0 Å². The lowest BCUT2D eigenvalue weighted by Gasteiger charge is -2.28. The Labute approximate surface area is 148 Å². The van der Waals surface area contributed by atoms with E-state index in [0.717, 1.165) is 42.7 Å². The van der Waals surface area contributed by atoms with Gasteiger partial charge in [-0.05, 0) is 61.6 Å². The topological polar surface area (TPSA) is 71.5 Å². The van der Waals surface area contributed by atoms with Crippen LogP contribution in [0.1, 0.15) is 37.7 Å². The maximum Gasteiger partial charge on any atom is 0.224 e. The van der Waals surface area contributed by atoms with Crippen LogP contribution in [0.3, 0.4) is 0 Å². The van der Waals surface area contributed by atoms with E-state index in [0.29, 0.717) is 12.8 Å². The predicted molar refractivity (Wildman–Crippen MR) is 96.5 cm³/mol. The van der Waals surface area contributed by atoms with Crippen molar-refractivity contribution in [3.8, 4) is 5.75 Å². The van der Waals surface area contributed by atoms with Gasteiger partial charge in [-0.3, -0.25) is 9.78 Å². The molecule has 1 aliphatic rings. The number of rotatable bonds is 6. The van der Waals surface area contributed by atoms with E-state index < -0.39 is 0 Å². The summed E-state index contributed by atoms with van der Waals surface area (Å²) >= 11 is 0. The summed E-state index contributed by atoms with van der Waals surface area (Å²) in [6.45, 7) is 0. The molecule has 1 aliphatic carbocycles. The number of hydrogen-bond acceptors (Lipinski definition) is 4. The lowest BCUT2D eigenvalue weighted by atomic mass is 9.95. The van der Waals surface area contributed by atoms with E-state index in [4.69, 9.17) is 4.74 Å². The monoisotopic (exact) mass is 340 g/mol. The fourth-order valence-electron chi connectivity index (χ4n) is 3.03. The smallest absolute Gasteiger partial charge is 0.224 e. The molecule has 1 amide bonds. The summed E-state index contributed by atoms with van der Waals surface area (Å²) in [5.74, 6) is 0.694. The zero-order chi connectivity index (χ0) is 17.5. The summed E-state index contributed by atoms with van der Waals surface area (Å²) in [7, 11) is 0. The van der Waals surface area contributed by atoms with Crippen LogP contribution in [0.2, 0.25) is 0 Å². The molecule has 3 rings (SSSR count). The Bertz CT molecular complexity index is 673. The molecule has 1 heterocycles. The summed E-state index contributed by atoms with van der Waals surface area (Å²) in [6, 6.07) is 11.1. The zero-order valence-electron chi connectivity index (χ0n) is 14.2. The Morgan fingerprint density at radius 3 is 2.72 bits per heavy atom. The molecule has 2 aromatic rings. The van der Waals surface area contributed by atoms with Gasteiger partial charge in [0, 0.05) is 24.5 Å². The molecule has 5 heteroatoms. The molecule has 2 unspecified atom stereocenters. The second kappa shape index (κ2) is 8.62. The van der Waals surface area contributed by atoms with Gasteiger partial charge in [0.05, 0.1) is 6.10 Å². The number of nitrogens with one attached hydrogen (secondary N) is 1. The third kappa shape index (κ3) is 5.29. The van der Waals surface area contributed by atoms with Crippen molar-refractivity contribution in [2.45, 2.75) is 50.7 Å². The van der Waals surface area contributed by atoms with E-state index in [2.05, 4.69) is 10.3 Å². The SMILES string of the molecule is O=C(CCc1cccnc1)Nc1ccc(OC2CCCCC2O)cc1. The highest BCUT2D eigenvalue weighted by atomic mass is 16.5. The highest BCUT2D eigenvalue weighted by Gasteiger charge is 2.24. The van der Waals surface area contributed by atoms with Crippen molar-refractivity contribution in [2.75, 3.05) is 5.32 Å². The van der Waals surface area contributed by atoms with Gasteiger partial charge in [0.1, 0.15) is 11.9 Å². The Morgan fingerprint density at radius 1 is 1.20 bits per heavy atom. The van der Waals surface area contributed by atoms with Crippen LogP contribution >= 0.6 is 0 Å². The molecule has 5 nitrogen and oxygen atoms in total. The third-order valence-corrected chi connectivity index (χ3v) is 4.46. The molecule has 0 spiro atoms. The first kappa shape index (κ1) is 17.4. The number of aromatic nitrogens is 1. The van der Waals surface area contributed by atoms with Gasteiger partial charge in [0.15, 0.2) is 0 Å². The fraction of sp³-hybridized carbons (Fsp3) is 0.400. The molecule has 132 valence electrons. The molecule has 1 aromatic carbocycles. The van der Waals surface area contributed by atoms with Crippen molar-refractivity contribution in [1.82, 2.24) is 4.98 Å². The van der Waals surface area contributed by atoms with Gasteiger partial charge in [-0.1, -0.05) is 12.5 Å². The molecule has 2 atom stereocenters. The normalized spacial score (nSPS) is 20.0. The Balaban J connectivity index is 1.47. The highest BCUT2D eigenvalue weighted by molar-refractivity contribution is 5.90. The zero-order valence-corrected chi connectivity index (χ0v) is 14.2. The first-order chi connectivity index (χ1) is 12.2. The van der Waals surface area contributed by atoms with Crippen molar-refractivity contribution in [3.63, 3.8) is 0 Å². The van der Waals surface area contributed by atoms with Crippen molar-refractivity contribution < 1.29 is 14.6 Å². The van der Waals surface area contributed by atoms with Gasteiger partial charge in [-0.15, -0.1) is 0 Å². The van der Waals surface area contributed by atoms with Crippen LogP contribution in [0.25, 0.3) is 0 Å². The van der Waals surface area contributed by atoms with E-state index in [1.54, 1.807) is 12.4 Å². The van der Waals surface area contributed by atoms with Gasteiger partial charge >= 0.3 is 0 Å². The number of amides is 1. The molecule has 1 saturated carbocycles. The van der Waals surface area contributed by atoms with E-state index in [-0.39, 0.29) is 18.1 Å². The molecular weight excluding hydrogens is 316 g/mol. The van der Waals surface area contributed by atoms with Crippen molar-refractivity contribution in [3.05, 3.63) is 54.4 Å². The highest BCUT2D eigenvalue weighted by Crippen LogP contribution is 2.25. The van der Waals surface area contributed by atoms with Gasteiger partial charge in [0.2, 0.25) is 5.91 Å². The van der Waals surface area contributed by atoms with E-state index in [1.165, 1.54) is 0 Å². The first-order valence-electron chi connectivity index (χ1n) is 8.84. The first-order valence-corrected chi connectivity index (χ1v) is 8.84. The number of aryl methyl sites for hydroxylation is 1. The number of hydrogen-bond donors (Lipinski definition) is 2. The number of ether oxygens (including phenoxy) is 1. The fourth-order valence-corrected chi connectivity index (χ4v) is 3.03. The lowest BCUT2D eigenvalue weighted by molar-refractivity contribution is -0.116. The summed E-state index contributed by atoms with van der Waals surface area (Å²) in [5, 5.41) is 12.9. The number of pyridine rings is 1. The Morgan fingerprint density at radius 2 is 2.00 bits per heavy atom. The molecule has 25 heavy (non-hydrogen) atoms. The number of nitrogens with zero attached hydrogens (tertiary/aromatic N) is 1. The van der Waals surface area contributed by atoms with Crippen molar-refractivity contribution >= 4 is 11.6 Å². The average molecular weight is 340 g/mol. The molecule has 2 N–H and O–H groups in total. The van der Waals surface area contributed by atoms with Gasteiger partial charge in [0.25, 0.3) is 0 Å². The van der Waals surface area contributed by atoms with Crippen LogP contribution < -0.4 is 10.1 Å². The summed E-state index contributed by atoms with van der Waals surface area (Å²) in [4.78, 5) is 16.1. The van der Waals surface area contributed by atoms with Crippen molar-refractivity contribution in [1.29, 1.82) is 0 Å². The Hall–Kier alpha value is -2.40. The summed E-state index contributed by atoms with van der Waals surface area (Å²) in [6.07, 6.45) is 7.90. The molecule has 1 fully saturated rings. The number of carbonyl (C=O) groups excluding carboxylic acids is 1. The number of benzene rings is 1. The number of anilines is 1. The lowest BCUT2D eigenvalue weighted by Crippen LogP contribution is -2.34. The minimum absolute atomic E-state index is 0.0276. The summed E-state index contributed by atoms with van der Waals surface area (Å²) < 4.78 is 5.86. The quantitative estimate of drug-likeness (QED) is 0.846. The predicted octanol–water partition coefficient (Wildman–Crippen LogP) is 3.34. The second-order valence-corrected chi connectivity index (χ2v) is 6.44. The standard InChI is InChI=1S/C20H24N2O3/c23-18-5-1-2-6-19(18)25-17-10-8-16(9-11-17)22-20(24)12-7-15-4-3-13-21-14-15/h3-4,8-11,13-14,18-19,23H,1-2,5-7,12H2,(H,22,24). The van der Waals surface area contributed by atoms with Gasteiger partial charge in [-0.2, -0.15) is 0 Å². The summed E-state index contributed by atoms with van der Waals surface area (Å²) in [5.41, 5.74) is 1.79. The maximum atomic E-state index is 12.0. The van der Waals surface area contributed by atoms with Gasteiger partial charge < -0.3 is 15.2 Å². The molecular formula is C20H24N2O3. The third-order valence-electron chi connectivity index (χ3n) is 4.46. The largest absolute Gasteiger partial charge is 0.488 e. The minimum atomic E-state index is -0.388.